The standard InChI is InChI=1S/C6H8O7.CH2Cl2/c7-3(8)1-6(13,5(11)12)2-4(9)10;2-1-3/h13H,1-2H2,(H,7,8)(H,9,10)(H,11,12);1H2. The van der Waals surface area contributed by atoms with Crippen LogP contribution in [0, 0.1) is 0 Å². The van der Waals surface area contributed by atoms with E-state index in [1.807, 2.05) is 0 Å². The molecule has 7 nitrogen and oxygen atoms in total. The van der Waals surface area contributed by atoms with Crippen molar-refractivity contribution in [3.8, 4) is 0 Å². The van der Waals surface area contributed by atoms with Crippen LogP contribution in [0.15, 0.2) is 0 Å². The molecule has 16 heavy (non-hydrogen) atoms. The second-order valence-corrected chi connectivity index (χ2v) is 3.39. The summed E-state index contributed by atoms with van der Waals surface area (Å²) < 4.78 is 0. The number of carboxylic acids is 3. The molecule has 94 valence electrons. The summed E-state index contributed by atoms with van der Waals surface area (Å²) in [6.07, 6.45) is -2.29. The lowest BCUT2D eigenvalue weighted by atomic mass is 9.96. The Kier molecular flexibility index (Phi) is 8.83. The highest BCUT2D eigenvalue weighted by Gasteiger charge is 2.40. The van der Waals surface area contributed by atoms with Crippen molar-refractivity contribution in [3.05, 3.63) is 0 Å². The van der Waals surface area contributed by atoms with Crippen LogP contribution in [0.4, 0.5) is 0 Å². The minimum Gasteiger partial charge on any atom is -0.481 e. The van der Waals surface area contributed by atoms with E-state index >= 15 is 0 Å². The SMILES string of the molecule is ClCCl.O=C(O)CC(O)(CC(=O)O)C(=O)O. The summed E-state index contributed by atoms with van der Waals surface area (Å²) in [4.78, 5) is 30.5. The molecule has 0 rings (SSSR count). The van der Waals surface area contributed by atoms with Crippen LogP contribution in [-0.4, -0.2) is 49.3 Å². The van der Waals surface area contributed by atoms with E-state index in [0.717, 1.165) is 0 Å². The third-order valence-corrected chi connectivity index (χ3v) is 1.29. The van der Waals surface area contributed by atoms with Crippen LogP contribution >= 0.6 is 23.2 Å². The Bertz CT molecular complexity index is 249. The van der Waals surface area contributed by atoms with Crippen LogP contribution in [0.5, 0.6) is 0 Å². The van der Waals surface area contributed by atoms with Gasteiger partial charge in [0.05, 0.1) is 18.2 Å². The Balaban J connectivity index is 0. The predicted molar refractivity (Wildman–Crippen MR) is 53.7 cm³/mol. The van der Waals surface area contributed by atoms with Crippen molar-refractivity contribution in [3.63, 3.8) is 0 Å². The summed E-state index contributed by atoms with van der Waals surface area (Å²) in [5.74, 6) is -5.02. The lowest BCUT2D eigenvalue weighted by Crippen LogP contribution is -2.42. The molecular formula is C7H10Cl2O7. The number of carboxylic acid groups (broad SMARTS) is 3. The molecule has 0 bridgehead atoms. The van der Waals surface area contributed by atoms with E-state index in [2.05, 4.69) is 0 Å². The van der Waals surface area contributed by atoms with Crippen LogP contribution < -0.4 is 0 Å². The largest absolute Gasteiger partial charge is 0.481 e. The fraction of sp³-hybridized carbons (Fsp3) is 0.571. The molecule has 4 N–H and O–H groups in total. The van der Waals surface area contributed by atoms with Crippen molar-refractivity contribution in [2.75, 3.05) is 5.34 Å². The number of hydrogen-bond donors (Lipinski definition) is 4. The number of alkyl halides is 2. The normalized spacial score (nSPS) is 9.94. The molecule has 9 heteroatoms. The lowest BCUT2D eigenvalue weighted by Gasteiger charge is -2.18. The second kappa shape index (κ2) is 8.14. The Morgan fingerprint density at radius 2 is 1.19 bits per heavy atom. The van der Waals surface area contributed by atoms with Gasteiger partial charge in [-0.25, -0.2) is 4.79 Å². The van der Waals surface area contributed by atoms with Crippen molar-refractivity contribution < 1.29 is 34.8 Å². The highest BCUT2D eigenvalue weighted by atomic mass is 35.5. The average molecular weight is 277 g/mol. The number of aliphatic carboxylic acids is 3. The van der Waals surface area contributed by atoms with Gasteiger partial charge in [-0.15, -0.1) is 23.2 Å². The van der Waals surface area contributed by atoms with Gasteiger partial charge in [0.2, 0.25) is 0 Å². The highest BCUT2D eigenvalue weighted by molar-refractivity contribution is 6.40. The number of aliphatic hydroxyl groups is 1. The van der Waals surface area contributed by atoms with Crippen LogP contribution in [0.3, 0.4) is 0 Å². The van der Waals surface area contributed by atoms with Gasteiger partial charge in [-0.1, -0.05) is 0 Å². The highest BCUT2D eigenvalue weighted by Crippen LogP contribution is 2.15. The average Bonchev–Trinajstić information content (AvgIpc) is 2.01. The van der Waals surface area contributed by atoms with Crippen LogP contribution in [0.1, 0.15) is 12.8 Å². The predicted octanol–water partition coefficient (Wildman–Crippen LogP) is 0.173. The molecule has 0 aromatic heterocycles. The number of halogens is 2. The molecule has 0 unspecified atom stereocenters. The minimum atomic E-state index is -2.74. The zero-order valence-corrected chi connectivity index (χ0v) is 9.40. The Morgan fingerprint density at radius 1 is 0.938 bits per heavy atom. The van der Waals surface area contributed by atoms with Crippen LogP contribution in [-0.2, 0) is 14.4 Å². The molecule has 0 saturated heterocycles. The van der Waals surface area contributed by atoms with Crippen molar-refractivity contribution in [1.29, 1.82) is 0 Å². The molecule has 0 atom stereocenters. The molecule has 0 aromatic carbocycles. The van der Waals surface area contributed by atoms with Gasteiger partial charge < -0.3 is 20.4 Å². The monoisotopic (exact) mass is 276 g/mol. The smallest absolute Gasteiger partial charge is 0.336 e. The molecule has 0 radical (unpaired) electrons. The molecule has 0 aliphatic rings. The molecule has 0 aliphatic carbocycles. The summed E-state index contributed by atoms with van der Waals surface area (Å²) in [5.41, 5.74) is -2.74. The van der Waals surface area contributed by atoms with Gasteiger partial charge in [0.1, 0.15) is 0 Å². The third kappa shape index (κ3) is 8.27. The van der Waals surface area contributed by atoms with Gasteiger partial charge in [-0.2, -0.15) is 0 Å². The van der Waals surface area contributed by atoms with Crippen molar-refractivity contribution in [2.45, 2.75) is 18.4 Å². The first-order valence-electron chi connectivity index (χ1n) is 3.71. The fourth-order valence-electron chi connectivity index (χ4n) is 0.714. The first kappa shape index (κ1) is 17.3. The molecule has 0 spiro atoms. The number of carbonyl (C=O) groups is 3. The van der Waals surface area contributed by atoms with Gasteiger partial charge in [-0.3, -0.25) is 9.59 Å². The van der Waals surface area contributed by atoms with E-state index < -0.39 is 36.4 Å². The zero-order chi connectivity index (χ0) is 13.4. The quantitative estimate of drug-likeness (QED) is 0.526. The molecule has 0 saturated carbocycles. The minimum absolute atomic E-state index is 0.194. The summed E-state index contributed by atoms with van der Waals surface area (Å²) >= 11 is 9.53. The van der Waals surface area contributed by atoms with E-state index in [-0.39, 0.29) is 5.34 Å². The Hall–Kier alpha value is -1.05. The van der Waals surface area contributed by atoms with E-state index in [1.54, 1.807) is 0 Å². The van der Waals surface area contributed by atoms with E-state index in [9.17, 15) is 14.4 Å². The summed E-state index contributed by atoms with van der Waals surface area (Å²) in [6.45, 7) is 0. The van der Waals surface area contributed by atoms with Crippen LogP contribution in [0.2, 0.25) is 0 Å². The maximum Gasteiger partial charge on any atom is 0.336 e. The molecule has 0 aromatic rings. The molecule has 0 heterocycles. The van der Waals surface area contributed by atoms with Crippen molar-refractivity contribution in [1.82, 2.24) is 0 Å². The van der Waals surface area contributed by atoms with Crippen molar-refractivity contribution >= 4 is 41.1 Å². The molecule has 0 fully saturated rings. The number of rotatable bonds is 5. The van der Waals surface area contributed by atoms with E-state index in [4.69, 9.17) is 43.6 Å². The first-order valence-corrected chi connectivity index (χ1v) is 4.77. The Morgan fingerprint density at radius 3 is 1.31 bits per heavy atom. The fourth-order valence-corrected chi connectivity index (χ4v) is 0.714. The van der Waals surface area contributed by atoms with Gasteiger partial charge in [0, 0.05) is 0 Å². The molecular weight excluding hydrogens is 267 g/mol. The molecule has 0 aliphatic heterocycles. The first-order chi connectivity index (χ1) is 7.19. The molecule has 0 amide bonds. The van der Waals surface area contributed by atoms with Crippen molar-refractivity contribution in [2.24, 2.45) is 0 Å². The number of hydrogen-bond acceptors (Lipinski definition) is 4. The maximum absolute atomic E-state index is 10.3. The third-order valence-electron chi connectivity index (χ3n) is 1.29. The summed E-state index contributed by atoms with van der Waals surface area (Å²) in [5, 5.41) is 34.0. The second-order valence-electron chi connectivity index (χ2n) is 2.58. The van der Waals surface area contributed by atoms with Gasteiger partial charge in [0.15, 0.2) is 5.60 Å². The van der Waals surface area contributed by atoms with Gasteiger partial charge in [0.25, 0.3) is 0 Å². The van der Waals surface area contributed by atoms with Gasteiger partial charge in [-0.05, 0) is 0 Å². The summed E-state index contributed by atoms with van der Waals surface area (Å²) in [7, 11) is 0. The van der Waals surface area contributed by atoms with Gasteiger partial charge >= 0.3 is 17.9 Å². The van der Waals surface area contributed by atoms with E-state index in [1.165, 1.54) is 0 Å². The Labute approximate surface area is 100 Å². The lowest BCUT2D eigenvalue weighted by molar-refractivity contribution is -0.170. The maximum atomic E-state index is 10.3. The van der Waals surface area contributed by atoms with E-state index in [0.29, 0.717) is 0 Å². The zero-order valence-electron chi connectivity index (χ0n) is 7.89. The van der Waals surface area contributed by atoms with Crippen LogP contribution in [0.25, 0.3) is 0 Å². The summed E-state index contributed by atoms with van der Waals surface area (Å²) in [6, 6.07) is 0. The topological polar surface area (TPSA) is 132 Å².